The lowest BCUT2D eigenvalue weighted by molar-refractivity contribution is -0.140. The summed E-state index contributed by atoms with van der Waals surface area (Å²) >= 11 is 0. The van der Waals surface area contributed by atoms with Gasteiger partial charge in [0.1, 0.15) is 0 Å². The first-order valence-electron chi connectivity index (χ1n) is 5.66. The van der Waals surface area contributed by atoms with Gasteiger partial charge in [0.25, 0.3) is 0 Å². The Morgan fingerprint density at radius 3 is 2.60 bits per heavy atom. The molecule has 0 aliphatic rings. The molecule has 1 N–H and O–H groups in total. The third-order valence-corrected chi connectivity index (χ3v) is 2.02. The maximum Gasteiger partial charge on any atom is 0.306 e. The Hall–Kier alpha value is -0.610. The standard InChI is InChI=1S/C11H23NO3/c1-3-4-9-15-10-5-7-12-8-6-11(13)14-2/h12H,3-10H2,1-2H3. The quantitative estimate of drug-likeness (QED) is 0.443. The van der Waals surface area contributed by atoms with Gasteiger partial charge < -0.3 is 14.8 Å². The topological polar surface area (TPSA) is 47.6 Å². The molecule has 4 nitrogen and oxygen atoms in total. The van der Waals surface area contributed by atoms with Gasteiger partial charge in [0.15, 0.2) is 0 Å². The van der Waals surface area contributed by atoms with Crippen LogP contribution in [0.1, 0.15) is 32.6 Å². The molecule has 0 atom stereocenters. The predicted octanol–water partition coefficient (Wildman–Crippen LogP) is 1.35. The van der Waals surface area contributed by atoms with Crippen molar-refractivity contribution in [2.45, 2.75) is 32.6 Å². The van der Waals surface area contributed by atoms with Gasteiger partial charge in [-0.2, -0.15) is 0 Å². The molecule has 0 saturated heterocycles. The molecule has 0 unspecified atom stereocenters. The monoisotopic (exact) mass is 217 g/mol. The van der Waals surface area contributed by atoms with Crippen LogP contribution < -0.4 is 5.32 Å². The van der Waals surface area contributed by atoms with E-state index in [4.69, 9.17) is 4.74 Å². The minimum Gasteiger partial charge on any atom is -0.469 e. The van der Waals surface area contributed by atoms with Crippen LogP contribution in [-0.2, 0) is 14.3 Å². The molecule has 0 heterocycles. The second kappa shape index (κ2) is 11.5. The van der Waals surface area contributed by atoms with Crippen molar-refractivity contribution in [3.63, 3.8) is 0 Å². The molecule has 90 valence electrons. The van der Waals surface area contributed by atoms with Crippen LogP contribution in [-0.4, -0.2) is 39.4 Å². The lowest BCUT2D eigenvalue weighted by atomic mass is 10.3. The molecule has 15 heavy (non-hydrogen) atoms. The lowest BCUT2D eigenvalue weighted by Crippen LogP contribution is -2.21. The SMILES string of the molecule is CCCCOCCCNCCC(=O)OC. The maximum atomic E-state index is 10.7. The van der Waals surface area contributed by atoms with E-state index >= 15 is 0 Å². The first-order chi connectivity index (χ1) is 7.31. The van der Waals surface area contributed by atoms with Crippen LogP contribution in [0.25, 0.3) is 0 Å². The van der Waals surface area contributed by atoms with Crippen LogP contribution in [0, 0.1) is 0 Å². The predicted molar refractivity (Wildman–Crippen MR) is 59.8 cm³/mol. The zero-order valence-corrected chi connectivity index (χ0v) is 9.88. The molecule has 0 aromatic heterocycles. The minimum absolute atomic E-state index is 0.165. The van der Waals surface area contributed by atoms with Crippen LogP contribution in [0.4, 0.5) is 0 Å². The lowest BCUT2D eigenvalue weighted by Gasteiger charge is -2.04. The molecule has 0 spiro atoms. The van der Waals surface area contributed by atoms with Gasteiger partial charge in [-0.05, 0) is 19.4 Å². The summed E-state index contributed by atoms with van der Waals surface area (Å²) < 4.78 is 9.91. The van der Waals surface area contributed by atoms with Gasteiger partial charge in [-0.15, -0.1) is 0 Å². The number of carbonyl (C=O) groups excluding carboxylic acids is 1. The fourth-order valence-electron chi connectivity index (χ4n) is 1.07. The number of carbonyl (C=O) groups is 1. The Kier molecular flexibility index (Phi) is 11.0. The molecule has 4 heteroatoms. The Morgan fingerprint density at radius 1 is 1.20 bits per heavy atom. The number of unbranched alkanes of at least 4 members (excludes halogenated alkanes) is 1. The smallest absolute Gasteiger partial charge is 0.306 e. The average Bonchev–Trinajstić information content (AvgIpc) is 2.26. The largest absolute Gasteiger partial charge is 0.469 e. The summed E-state index contributed by atoms with van der Waals surface area (Å²) in [5.41, 5.74) is 0. The summed E-state index contributed by atoms with van der Waals surface area (Å²) in [5, 5.41) is 3.16. The fourth-order valence-corrected chi connectivity index (χ4v) is 1.07. The number of ether oxygens (including phenoxy) is 2. The molecule has 0 fully saturated rings. The highest BCUT2D eigenvalue weighted by Gasteiger charge is 1.97. The molecule has 0 aliphatic heterocycles. The van der Waals surface area contributed by atoms with Crippen molar-refractivity contribution in [3.05, 3.63) is 0 Å². The molecule has 0 rings (SSSR count). The number of rotatable bonds is 10. The Labute approximate surface area is 92.3 Å². The van der Waals surface area contributed by atoms with Crippen LogP contribution in [0.5, 0.6) is 0 Å². The second-order valence-corrected chi connectivity index (χ2v) is 3.40. The van der Waals surface area contributed by atoms with E-state index < -0.39 is 0 Å². The van der Waals surface area contributed by atoms with Crippen LogP contribution >= 0.6 is 0 Å². The maximum absolute atomic E-state index is 10.7. The van der Waals surface area contributed by atoms with Crippen molar-refractivity contribution >= 4 is 5.97 Å². The van der Waals surface area contributed by atoms with E-state index in [0.717, 1.165) is 32.6 Å². The van der Waals surface area contributed by atoms with Crippen molar-refractivity contribution in [2.75, 3.05) is 33.4 Å². The number of methoxy groups -OCH3 is 1. The van der Waals surface area contributed by atoms with Gasteiger partial charge >= 0.3 is 5.97 Å². The molecule has 0 aromatic carbocycles. The van der Waals surface area contributed by atoms with E-state index in [1.807, 2.05) is 0 Å². The summed E-state index contributed by atoms with van der Waals surface area (Å²) in [7, 11) is 1.41. The van der Waals surface area contributed by atoms with Crippen LogP contribution in [0.2, 0.25) is 0 Å². The Morgan fingerprint density at radius 2 is 1.93 bits per heavy atom. The van der Waals surface area contributed by atoms with Gasteiger partial charge in [0.05, 0.1) is 13.5 Å². The van der Waals surface area contributed by atoms with Crippen molar-refractivity contribution < 1.29 is 14.3 Å². The minimum atomic E-state index is -0.165. The molecule has 0 bridgehead atoms. The fraction of sp³-hybridized carbons (Fsp3) is 0.909. The summed E-state index contributed by atoms with van der Waals surface area (Å²) in [6.07, 6.45) is 3.74. The highest BCUT2D eigenvalue weighted by molar-refractivity contribution is 5.69. The number of hydrogen-bond acceptors (Lipinski definition) is 4. The Bertz CT molecular complexity index is 151. The van der Waals surface area contributed by atoms with Crippen LogP contribution in [0.3, 0.4) is 0 Å². The van der Waals surface area contributed by atoms with Gasteiger partial charge in [0.2, 0.25) is 0 Å². The van der Waals surface area contributed by atoms with E-state index in [1.165, 1.54) is 13.5 Å². The zero-order chi connectivity index (χ0) is 11.4. The van der Waals surface area contributed by atoms with E-state index in [2.05, 4.69) is 17.0 Å². The molecule has 0 aromatic rings. The summed E-state index contributed by atoms with van der Waals surface area (Å²) in [6.45, 7) is 5.38. The van der Waals surface area contributed by atoms with Gasteiger partial charge in [-0.3, -0.25) is 4.79 Å². The van der Waals surface area contributed by atoms with Gasteiger partial charge in [-0.1, -0.05) is 13.3 Å². The highest BCUT2D eigenvalue weighted by atomic mass is 16.5. The first-order valence-corrected chi connectivity index (χ1v) is 5.66. The van der Waals surface area contributed by atoms with E-state index in [1.54, 1.807) is 0 Å². The second-order valence-electron chi connectivity index (χ2n) is 3.40. The molecular weight excluding hydrogens is 194 g/mol. The normalized spacial score (nSPS) is 10.3. The molecule has 0 amide bonds. The van der Waals surface area contributed by atoms with E-state index in [-0.39, 0.29) is 5.97 Å². The van der Waals surface area contributed by atoms with Gasteiger partial charge in [-0.25, -0.2) is 0 Å². The van der Waals surface area contributed by atoms with Gasteiger partial charge in [0, 0.05) is 19.8 Å². The summed E-state index contributed by atoms with van der Waals surface area (Å²) in [4.78, 5) is 10.7. The van der Waals surface area contributed by atoms with Crippen molar-refractivity contribution in [1.29, 1.82) is 0 Å². The number of nitrogens with one attached hydrogen (secondary N) is 1. The van der Waals surface area contributed by atoms with Crippen LogP contribution in [0.15, 0.2) is 0 Å². The number of hydrogen-bond donors (Lipinski definition) is 1. The zero-order valence-electron chi connectivity index (χ0n) is 9.88. The molecule has 0 radical (unpaired) electrons. The Balaban J connectivity index is 2.95. The third-order valence-electron chi connectivity index (χ3n) is 2.02. The third kappa shape index (κ3) is 11.3. The summed E-state index contributed by atoms with van der Waals surface area (Å²) in [5.74, 6) is -0.165. The first kappa shape index (κ1) is 14.4. The van der Waals surface area contributed by atoms with E-state index in [9.17, 15) is 4.79 Å². The molecule has 0 saturated carbocycles. The average molecular weight is 217 g/mol. The highest BCUT2D eigenvalue weighted by Crippen LogP contribution is 1.89. The summed E-state index contributed by atoms with van der Waals surface area (Å²) in [6, 6.07) is 0. The van der Waals surface area contributed by atoms with Crippen molar-refractivity contribution in [3.8, 4) is 0 Å². The molecule has 0 aliphatic carbocycles. The van der Waals surface area contributed by atoms with Crippen molar-refractivity contribution in [1.82, 2.24) is 5.32 Å². The van der Waals surface area contributed by atoms with E-state index in [0.29, 0.717) is 13.0 Å². The molecular formula is C11H23NO3. The van der Waals surface area contributed by atoms with Crippen molar-refractivity contribution in [2.24, 2.45) is 0 Å². The number of esters is 1.